The Balaban J connectivity index is 0.660. The highest BCUT2D eigenvalue weighted by Gasteiger charge is 2.23. The zero-order valence-corrected chi connectivity index (χ0v) is 53.3. The van der Waals surface area contributed by atoms with E-state index in [2.05, 4.69) is 182 Å². The molecule has 0 aliphatic carbocycles. The zero-order valence-electron chi connectivity index (χ0n) is 53.3. The van der Waals surface area contributed by atoms with Crippen LogP contribution in [0.3, 0.4) is 0 Å². The van der Waals surface area contributed by atoms with Crippen LogP contribution in [0, 0.1) is 0 Å². The summed E-state index contributed by atoms with van der Waals surface area (Å²) >= 11 is 0. The number of nitrogens with zero attached hydrogens (tertiary/aromatic N) is 6. The van der Waals surface area contributed by atoms with Crippen LogP contribution in [0.2, 0.25) is 0 Å². The first kappa shape index (κ1) is 56.6. The van der Waals surface area contributed by atoms with Crippen molar-refractivity contribution in [1.82, 2.24) is 29.9 Å². The third-order valence-corrected chi connectivity index (χ3v) is 19.2. The van der Waals surface area contributed by atoms with Gasteiger partial charge in [0.2, 0.25) is 0 Å². The minimum atomic E-state index is 0.521. The molecule has 0 radical (unpaired) electrons. The van der Waals surface area contributed by atoms with Crippen molar-refractivity contribution >= 4 is 87.8 Å². The lowest BCUT2D eigenvalue weighted by Gasteiger charge is -2.11. The van der Waals surface area contributed by atoms with Gasteiger partial charge in [0, 0.05) is 82.0 Å². The van der Waals surface area contributed by atoms with Crippen molar-refractivity contribution in [3.05, 3.63) is 315 Å². The van der Waals surface area contributed by atoms with Gasteiger partial charge in [0.05, 0.1) is 5.56 Å². The van der Waals surface area contributed by atoms with Gasteiger partial charge in [-0.1, -0.05) is 224 Å². The lowest BCUT2D eigenvalue weighted by molar-refractivity contribution is 0.669. The molecule has 0 unspecified atom stereocenters. The van der Waals surface area contributed by atoms with E-state index in [0.29, 0.717) is 34.9 Å². The molecular weight excluding hydrogens is 1230 g/mol. The van der Waals surface area contributed by atoms with Crippen molar-refractivity contribution in [2.45, 2.75) is 0 Å². The van der Waals surface area contributed by atoms with Crippen LogP contribution in [-0.2, 0) is 0 Å². The monoisotopic (exact) mass is 1280 g/mol. The number of hydrogen-bond donors (Lipinski definition) is 0. The molecule has 0 aliphatic heterocycles. The Hall–Kier alpha value is -13.7. The summed E-state index contributed by atoms with van der Waals surface area (Å²) in [5, 5.41) is 8.06. The van der Waals surface area contributed by atoms with Crippen LogP contribution in [0.4, 0.5) is 0 Å². The molecule has 100 heavy (non-hydrogen) atoms. The van der Waals surface area contributed by atoms with Crippen molar-refractivity contribution in [3.63, 3.8) is 0 Å². The van der Waals surface area contributed by atoms with Crippen molar-refractivity contribution in [1.29, 1.82) is 0 Å². The molecule has 0 bridgehead atoms. The number of furan rings is 4. The van der Waals surface area contributed by atoms with Crippen LogP contribution in [-0.4, -0.2) is 29.9 Å². The molecule has 10 nitrogen and oxygen atoms in total. The Morgan fingerprint density at radius 1 is 0.150 bits per heavy atom. The molecule has 10 heteroatoms. The van der Waals surface area contributed by atoms with Crippen LogP contribution in [0.25, 0.3) is 212 Å². The van der Waals surface area contributed by atoms with Crippen LogP contribution >= 0.6 is 0 Å². The predicted molar refractivity (Wildman–Crippen MR) is 402 cm³/mol. The maximum Gasteiger partial charge on any atom is 0.167 e. The van der Waals surface area contributed by atoms with Gasteiger partial charge in [0.25, 0.3) is 0 Å². The van der Waals surface area contributed by atoms with Crippen LogP contribution in [0.5, 0.6) is 0 Å². The quantitative estimate of drug-likeness (QED) is 0.123. The van der Waals surface area contributed by atoms with Gasteiger partial charge in [-0.2, -0.15) is 0 Å². The highest BCUT2D eigenvalue weighted by atomic mass is 16.3. The summed E-state index contributed by atoms with van der Waals surface area (Å²) in [6.45, 7) is 0. The lowest BCUT2D eigenvalue weighted by atomic mass is 9.92. The standard InChI is InChI=1S/C90H52N6O4/c1-5-19-53(20-6-1)64-47-73(84-76(49-64)74-46-61(41-44-79(74)99-84)87-93-86(58-25-11-4-12-26-58)95-90(96-87)71-32-18-31-70-67-30-14-16-34-78(67)98-82(70)71)56-37-35-54(36-38-56)59-27-17-28-60(45-59)65-48-72(55-21-7-2-8-22-55)83-75(50-65)69-43-40-63(52-81(69)100-83)89-92-85(57-23-9-3-10-24-57)91-88(94-89)62-39-42-68-66-29-13-15-33-77(66)97-80(68)51-62/h1-52H. The van der Waals surface area contributed by atoms with Crippen molar-refractivity contribution < 1.29 is 17.7 Å². The fourth-order valence-electron chi connectivity index (χ4n) is 14.2. The van der Waals surface area contributed by atoms with Crippen LogP contribution in [0.1, 0.15) is 0 Å². The highest BCUT2D eigenvalue weighted by Crippen LogP contribution is 2.45. The number of hydrogen-bond acceptors (Lipinski definition) is 10. The summed E-state index contributed by atoms with van der Waals surface area (Å²) in [4.78, 5) is 30.8. The summed E-state index contributed by atoms with van der Waals surface area (Å²) in [7, 11) is 0. The Bertz CT molecular complexity index is 6640. The molecule has 20 rings (SSSR count). The van der Waals surface area contributed by atoms with Gasteiger partial charge in [-0.05, 0) is 136 Å². The summed E-state index contributed by atoms with van der Waals surface area (Å²) in [5.74, 6) is 3.26. The Labute approximate surface area is 571 Å². The smallest absolute Gasteiger partial charge is 0.167 e. The average molecular weight is 1280 g/mol. The van der Waals surface area contributed by atoms with E-state index in [1.54, 1.807) is 0 Å². The third kappa shape index (κ3) is 9.72. The molecule has 0 saturated carbocycles. The van der Waals surface area contributed by atoms with E-state index in [9.17, 15) is 0 Å². The van der Waals surface area contributed by atoms with E-state index in [0.717, 1.165) is 177 Å². The van der Waals surface area contributed by atoms with Gasteiger partial charge < -0.3 is 17.7 Å². The van der Waals surface area contributed by atoms with Crippen LogP contribution in [0.15, 0.2) is 333 Å². The second kappa shape index (κ2) is 23.0. The lowest BCUT2D eigenvalue weighted by Crippen LogP contribution is -2.00. The first-order chi connectivity index (χ1) is 49.5. The first-order valence-corrected chi connectivity index (χ1v) is 33.3. The summed E-state index contributed by atoms with van der Waals surface area (Å²) in [5.41, 5.74) is 21.7. The van der Waals surface area contributed by atoms with Crippen LogP contribution < -0.4 is 0 Å². The van der Waals surface area contributed by atoms with E-state index >= 15 is 0 Å². The van der Waals surface area contributed by atoms with E-state index in [-0.39, 0.29) is 0 Å². The Kier molecular flexibility index (Phi) is 13.0. The molecule has 6 aromatic heterocycles. The Morgan fingerprint density at radius 3 is 1.10 bits per heavy atom. The SMILES string of the molecule is c1ccc(-c2cc(-c3ccc(-c4cccc(-c5cc(-c6ccccc6)c6oc7cc(-c8nc(-c9ccccc9)nc(-c9ccc%10c(c9)oc9ccccc9%10)n8)ccc7c6c5)c4)cc3)c3oc4ccc(-c5nc(-c6ccccc6)nc(-c6cccc7c6oc6ccccc67)n5)cc4c3c2)cc1. The molecule has 0 aliphatic rings. The fourth-order valence-corrected chi connectivity index (χ4v) is 14.2. The number of fused-ring (bicyclic) bond motifs is 12. The van der Waals surface area contributed by atoms with E-state index in [1.165, 1.54) is 0 Å². The number of benzene rings is 14. The van der Waals surface area contributed by atoms with Gasteiger partial charge in [-0.25, -0.2) is 29.9 Å². The summed E-state index contributed by atoms with van der Waals surface area (Å²) in [6.07, 6.45) is 0. The van der Waals surface area contributed by atoms with Crippen molar-refractivity contribution in [3.8, 4) is 124 Å². The summed E-state index contributed by atoms with van der Waals surface area (Å²) < 4.78 is 26.8. The molecule has 0 atom stereocenters. The third-order valence-electron chi connectivity index (χ3n) is 19.2. The van der Waals surface area contributed by atoms with Gasteiger partial charge in [0.1, 0.15) is 44.7 Å². The number of aromatic nitrogens is 6. The van der Waals surface area contributed by atoms with Gasteiger partial charge in [-0.15, -0.1) is 0 Å². The molecule has 20 aromatic rings. The van der Waals surface area contributed by atoms with Crippen molar-refractivity contribution in [2.75, 3.05) is 0 Å². The average Bonchev–Trinajstić information content (AvgIpc) is 1.59. The van der Waals surface area contributed by atoms with E-state index in [1.807, 2.05) is 133 Å². The van der Waals surface area contributed by atoms with Gasteiger partial charge >= 0.3 is 0 Å². The normalized spacial score (nSPS) is 11.8. The largest absolute Gasteiger partial charge is 0.456 e. The molecule has 0 amide bonds. The van der Waals surface area contributed by atoms with E-state index < -0.39 is 0 Å². The van der Waals surface area contributed by atoms with Gasteiger partial charge in [-0.3, -0.25) is 0 Å². The molecule has 0 fully saturated rings. The minimum Gasteiger partial charge on any atom is -0.456 e. The minimum absolute atomic E-state index is 0.521. The predicted octanol–water partition coefficient (Wildman–Crippen LogP) is 24.0. The molecule has 0 N–H and O–H groups in total. The number of para-hydroxylation sites is 3. The topological polar surface area (TPSA) is 130 Å². The molecule has 6 heterocycles. The highest BCUT2D eigenvalue weighted by molar-refractivity contribution is 6.14. The second-order valence-corrected chi connectivity index (χ2v) is 25.3. The second-order valence-electron chi connectivity index (χ2n) is 25.3. The molecule has 0 saturated heterocycles. The van der Waals surface area contributed by atoms with Gasteiger partial charge in [0.15, 0.2) is 34.9 Å². The van der Waals surface area contributed by atoms with E-state index in [4.69, 9.17) is 47.6 Å². The zero-order chi connectivity index (χ0) is 65.8. The summed E-state index contributed by atoms with van der Waals surface area (Å²) in [6, 6.07) is 109. The molecule has 0 spiro atoms. The maximum absolute atomic E-state index is 6.99. The van der Waals surface area contributed by atoms with Crippen molar-refractivity contribution in [2.24, 2.45) is 0 Å². The molecule has 14 aromatic carbocycles. The maximum atomic E-state index is 6.99. The Morgan fingerprint density at radius 2 is 0.490 bits per heavy atom. The number of rotatable bonds is 11. The fraction of sp³-hybridized carbons (Fsp3) is 0. The molecular formula is C90H52N6O4. The first-order valence-electron chi connectivity index (χ1n) is 33.3. The molecule has 466 valence electrons.